The summed E-state index contributed by atoms with van der Waals surface area (Å²) in [7, 11) is 0. The van der Waals surface area contributed by atoms with Gasteiger partial charge < -0.3 is 19.5 Å². The van der Waals surface area contributed by atoms with Crippen LogP contribution in [0.25, 0.3) is 5.76 Å². The van der Waals surface area contributed by atoms with E-state index in [0.717, 1.165) is 28.9 Å². The Bertz CT molecular complexity index is 1120. The molecule has 0 spiro atoms. The van der Waals surface area contributed by atoms with Crippen LogP contribution < -0.4 is 4.90 Å². The number of hydrogen-bond donors (Lipinski definition) is 1. The van der Waals surface area contributed by atoms with Gasteiger partial charge in [0.05, 0.1) is 25.0 Å². The molecule has 1 saturated heterocycles. The maximum absolute atomic E-state index is 13.0. The molecule has 4 nitrogen and oxygen atoms in total. The first-order valence-corrected chi connectivity index (χ1v) is 10.1. The van der Waals surface area contributed by atoms with E-state index in [9.17, 15) is 18.3 Å². The van der Waals surface area contributed by atoms with Crippen molar-refractivity contribution in [3.8, 4) is 0 Å². The molecular formula is C25H20F3NO3. The van der Waals surface area contributed by atoms with Gasteiger partial charge in [0.2, 0.25) is 6.23 Å². The van der Waals surface area contributed by atoms with Crippen LogP contribution in [-0.2, 0) is 21.3 Å². The molecule has 0 aromatic heterocycles. The molecule has 7 heteroatoms. The third-order valence-corrected chi connectivity index (χ3v) is 5.71. The molecule has 2 aliphatic rings. The summed E-state index contributed by atoms with van der Waals surface area (Å²) in [6, 6.07) is 21.9. The molecule has 1 unspecified atom stereocenters. The molecule has 1 fully saturated rings. The number of aliphatic hydroxyl groups is 1. The van der Waals surface area contributed by atoms with E-state index in [4.69, 9.17) is 9.47 Å². The van der Waals surface area contributed by atoms with E-state index in [1.54, 1.807) is 0 Å². The summed E-state index contributed by atoms with van der Waals surface area (Å²) < 4.78 is 50.3. The van der Waals surface area contributed by atoms with Crippen molar-refractivity contribution in [1.82, 2.24) is 0 Å². The van der Waals surface area contributed by atoms with Gasteiger partial charge in [0.1, 0.15) is 11.4 Å². The third-order valence-electron chi connectivity index (χ3n) is 5.71. The van der Waals surface area contributed by atoms with Gasteiger partial charge in [-0.2, -0.15) is 13.2 Å². The molecule has 5 rings (SSSR count). The Kier molecular flexibility index (Phi) is 4.95. The van der Waals surface area contributed by atoms with Gasteiger partial charge in [-0.25, -0.2) is 0 Å². The highest BCUT2D eigenvalue weighted by molar-refractivity contribution is 5.68. The minimum Gasteiger partial charge on any atom is -0.464 e. The van der Waals surface area contributed by atoms with E-state index in [-0.39, 0.29) is 13.2 Å². The second-order valence-corrected chi connectivity index (χ2v) is 7.93. The SMILES string of the molecule is OC1(c2ccc(N3C=C(c4ccccc4)OC3c3ccc(C(F)(F)F)cc3)cc2)COC1. The predicted molar refractivity (Wildman–Crippen MR) is 113 cm³/mol. The lowest BCUT2D eigenvalue weighted by Crippen LogP contribution is -2.46. The average Bonchev–Trinajstić information content (AvgIpc) is 3.23. The van der Waals surface area contributed by atoms with E-state index < -0.39 is 23.6 Å². The van der Waals surface area contributed by atoms with Crippen LogP contribution in [0.1, 0.15) is 28.5 Å². The molecule has 0 bridgehead atoms. The summed E-state index contributed by atoms with van der Waals surface area (Å²) >= 11 is 0. The number of benzene rings is 3. The van der Waals surface area contributed by atoms with Crippen molar-refractivity contribution in [1.29, 1.82) is 0 Å². The van der Waals surface area contributed by atoms with Crippen molar-refractivity contribution in [2.45, 2.75) is 18.0 Å². The number of alkyl halides is 3. The van der Waals surface area contributed by atoms with Crippen LogP contribution in [0.2, 0.25) is 0 Å². The molecule has 1 N–H and O–H groups in total. The fourth-order valence-corrected chi connectivity index (χ4v) is 3.83. The summed E-state index contributed by atoms with van der Waals surface area (Å²) in [5.74, 6) is 0.616. The highest BCUT2D eigenvalue weighted by Gasteiger charge is 2.38. The summed E-state index contributed by atoms with van der Waals surface area (Å²) in [5, 5.41) is 10.5. The topological polar surface area (TPSA) is 41.9 Å². The molecule has 164 valence electrons. The fourth-order valence-electron chi connectivity index (χ4n) is 3.83. The van der Waals surface area contributed by atoms with Crippen molar-refractivity contribution in [2.24, 2.45) is 0 Å². The van der Waals surface area contributed by atoms with Crippen molar-refractivity contribution in [3.05, 3.63) is 107 Å². The monoisotopic (exact) mass is 439 g/mol. The van der Waals surface area contributed by atoms with E-state index >= 15 is 0 Å². The average molecular weight is 439 g/mol. The summed E-state index contributed by atoms with van der Waals surface area (Å²) in [6.45, 7) is 0.511. The molecular weight excluding hydrogens is 419 g/mol. The first kappa shape index (κ1) is 20.6. The minimum atomic E-state index is -4.40. The Labute approximate surface area is 183 Å². The molecule has 2 aliphatic heterocycles. The quantitative estimate of drug-likeness (QED) is 0.587. The summed E-state index contributed by atoms with van der Waals surface area (Å²) in [4.78, 5) is 1.87. The Morgan fingerprint density at radius 1 is 0.875 bits per heavy atom. The standard InChI is InChI=1S/C25H20F3NO3/c26-25(27,28)20-8-6-18(7-9-20)23-29(14-22(32-23)17-4-2-1-3-5-17)21-12-10-19(11-13-21)24(30)15-31-16-24/h1-14,23,30H,15-16H2. The number of halogens is 3. The van der Waals surface area contributed by atoms with Crippen LogP contribution in [0.5, 0.6) is 0 Å². The lowest BCUT2D eigenvalue weighted by atomic mass is 9.92. The second-order valence-electron chi connectivity index (χ2n) is 7.93. The second kappa shape index (κ2) is 7.69. The normalized spacial score (nSPS) is 19.8. The zero-order valence-electron chi connectivity index (χ0n) is 16.9. The summed E-state index contributed by atoms with van der Waals surface area (Å²) in [5.41, 5.74) is 1.32. The van der Waals surface area contributed by atoms with Gasteiger partial charge in [0.25, 0.3) is 0 Å². The maximum atomic E-state index is 13.0. The maximum Gasteiger partial charge on any atom is 0.416 e. The van der Waals surface area contributed by atoms with Crippen LogP contribution in [0, 0.1) is 0 Å². The molecule has 0 amide bonds. The van der Waals surface area contributed by atoms with Crippen LogP contribution >= 0.6 is 0 Å². The first-order chi connectivity index (χ1) is 15.3. The number of rotatable bonds is 4. The van der Waals surface area contributed by atoms with Crippen molar-refractivity contribution in [3.63, 3.8) is 0 Å². The Morgan fingerprint density at radius 2 is 1.53 bits per heavy atom. The van der Waals surface area contributed by atoms with E-state index in [0.29, 0.717) is 11.3 Å². The van der Waals surface area contributed by atoms with Gasteiger partial charge in [-0.1, -0.05) is 54.6 Å². The zero-order valence-corrected chi connectivity index (χ0v) is 16.9. The smallest absolute Gasteiger partial charge is 0.416 e. The lowest BCUT2D eigenvalue weighted by Gasteiger charge is -2.37. The van der Waals surface area contributed by atoms with E-state index in [1.165, 1.54) is 12.1 Å². The van der Waals surface area contributed by atoms with Gasteiger partial charge in [0, 0.05) is 16.8 Å². The van der Waals surface area contributed by atoms with Crippen LogP contribution in [0.4, 0.5) is 18.9 Å². The minimum absolute atomic E-state index is 0.255. The molecule has 0 saturated carbocycles. The van der Waals surface area contributed by atoms with Crippen molar-refractivity contribution >= 4 is 11.4 Å². The Hall–Kier alpha value is -3.29. The van der Waals surface area contributed by atoms with Crippen molar-refractivity contribution in [2.75, 3.05) is 18.1 Å². The van der Waals surface area contributed by atoms with Gasteiger partial charge in [0.15, 0.2) is 0 Å². The molecule has 0 aliphatic carbocycles. The number of nitrogens with zero attached hydrogens (tertiary/aromatic N) is 1. The molecule has 3 aromatic rings. The fraction of sp³-hybridized carbons (Fsp3) is 0.200. The first-order valence-electron chi connectivity index (χ1n) is 10.1. The highest BCUT2D eigenvalue weighted by atomic mass is 19.4. The van der Waals surface area contributed by atoms with Gasteiger partial charge in [-0.05, 0) is 29.8 Å². The van der Waals surface area contributed by atoms with Crippen LogP contribution in [-0.4, -0.2) is 18.3 Å². The Morgan fingerprint density at radius 3 is 2.09 bits per heavy atom. The Balaban J connectivity index is 1.49. The molecule has 3 aromatic carbocycles. The predicted octanol–water partition coefficient (Wildman–Crippen LogP) is 5.46. The zero-order chi connectivity index (χ0) is 22.3. The third kappa shape index (κ3) is 3.74. The van der Waals surface area contributed by atoms with E-state index in [2.05, 4.69) is 0 Å². The van der Waals surface area contributed by atoms with Gasteiger partial charge in [-0.3, -0.25) is 0 Å². The molecule has 0 radical (unpaired) electrons. The van der Waals surface area contributed by atoms with Crippen LogP contribution in [0.3, 0.4) is 0 Å². The van der Waals surface area contributed by atoms with Crippen LogP contribution in [0.15, 0.2) is 85.1 Å². The van der Waals surface area contributed by atoms with Gasteiger partial charge in [-0.15, -0.1) is 0 Å². The largest absolute Gasteiger partial charge is 0.464 e. The molecule has 32 heavy (non-hydrogen) atoms. The number of hydrogen-bond acceptors (Lipinski definition) is 4. The lowest BCUT2D eigenvalue weighted by molar-refractivity contribution is -0.184. The van der Waals surface area contributed by atoms with E-state index in [1.807, 2.05) is 65.7 Å². The number of anilines is 1. The molecule has 2 heterocycles. The highest BCUT2D eigenvalue weighted by Crippen LogP contribution is 2.41. The summed E-state index contributed by atoms with van der Waals surface area (Å²) in [6.07, 6.45) is -3.19. The molecule has 1 atom stereocenters. The van der Waals surface area contributed by atoms with Crippen molar-refractivity contribution < 1.29 is 27.8 Å². The number of ether oxygens (including phenoxy) is 2. The van der Waals surface area contributed by atoms with Gasteiger partial charge >= 0.3 is 6.18 Å².